The topological polar surface area (TPSA) is 75.4 Å². The summed E-state index contributed by atoms with van der Waals surface area (Å²) in [7, 11) is 0. The van der Waals surface area contributed by atoms with Gasteiger partial charge in [0.1, 0.15) is 0 Å². The van der Waals surface area contributed by atoms with E-state index in [1.165, 1.54) is 5.56 Å². The summed E-state index contributed by atoms with van der Waals surface area (Å²) in [6.45, 7) is 4.02. The molecule has 1 aliphatic heterocycles. The van der Waals surface area contributed by atoms with Crippen molar-refractivity contribution in [2.24, 2.45) is 11.7 Å². The van der Waals surface area contributed by atoms with Gasteiger partial charge in [-0.25, -0.2) is 4.79 Å². The van der Waals surface area contributed by atoms with Crippen LogP contribution < -0.4 is 11.1 Å². The fourth-order valence-electron chi connectivity index (χ4n) is 3.46. The van der Waals surface area contributed by atoms with Crippen LogP contribution in [0.25, 0.3) is 0 Å². The molecule has 1 saturated heterocycles. The molecule has 1 unspecified atom stereocenters. The number of hydrogen-bond donors (Lipinski definition) is 2. The average molecular weight is 301 g/mol. The van der Waals surface area contributed by atoms with E-state index >= 15 is 0 Å². The number of nitrogens with two attached hydrogens (primary N) is 1. The van der Waals surface area contributed by atoms with E-state index < -0.39 is 0 Å². The number of carbonyl (C=O) groups is 2. The maximum atomic E-state index is 12.6. The molecule has 118 valence electrons. The largest absolute Gasteiger partial charge is 0.355 e. The highest BCUT2D eigenvalue weighted by atomic mass is 16.2. The Bertz CT molecular complexity index is 595. The van der Waals surface area contributed by atoms with Gasteiger partial charge in [-0.2, -0.15) is 0 Å². The number of amides is 3. The van der Waals surface area contributed by atoms with Gasteiger partial charge in [0, 0.05) is 19.6 Å². The number of aryl methyl sites for hydroxylation is 1. The third kappa shape index (κ3) is 2.67. The zero-order chi connectivity index (χ0) is 15.7. The summed E-state index contributed by atoms with van der Waals surface area (Å²) in [5, 5.41) is 3.09. The smallest absolute Gasteiger partial charge is 0.314 e. The normalized spacial score (nSPS) is 22.4. The molecule has 1 atom stereocenters. The summed E-state index contributed by atoms with van der Waals surface area (Å²) in [6.07, 6.45) is 2.74. The zero-order valence-electron chi connectivity index (χ0n) is 13.0. The highest BCUT2D eigenvalue weighted by Gasteiger charge is 2.51. The lowest BCUT2D eigenvalue weighted by Crippen LogP contribution is -2.39. The highest BCUT2D eigenvalue weighted by molar-refractivity contribution is 5.91. The fourth-order valence-corrected chi connectivity index (χ4v) is 3.46. The van der Waals surface area contributed by atoms with Gasteiger partial charge in [-0.05, 0) is 43.2 Å². The number of hydrogen-bond acceptors (Lipinski definition) is 2. The molecular formula is C17H23N3O2. The van der Waals surface area contributed by atoms with Crippen molar-refractivity contribution in [3.63, 3.8) is 0 Å². The lowest BCUT2D eigenvalue weighted by Gasteiger charge is -2.19. The number of urea groups is 1. The summed E-state index contributed by atoms with van der Waals surface area (Å²) in [5.74, 6) is 0.434. The Labute approximate surface area is 130 Å². The second-order valence-corrected chi connectivity index (χ2v) is 6.55. The standard InChI is InChI=1S/C17H23N3O2/c1-12-4-2-3-5-14(12)17(7-8-17)15(21)19-10-13-6-9-20(11-13)16(18)22/h2-5,13H,6-11H2,1H3,(H2,18,22)(H,19,21). The number of carbonyl (C=O) groups excluding carboxylic acids is 2. The van der Waals surface area contributed by atoms with Gasteiger partial charge >= 0.3 is 6.03 Å². The summed E-state index contributed by atoms with van der Waals surface area (Å²) in [6, 6.07) is 7.75. The molecule has 0 radical (unpaired) electrons. The van der Waals surface area contributed by atoms with Crippen molar-refractivity contribution in [1.29, 1.82) is 0 Å². The Balaban J connectivity index is 1.59. The van der Waals surface area contributed by atoms with Crippen LogP contribution in [0, 0.1) is 12.8 Å². The molecule has 1 aliphatic carbocycles. The van der Waals surface area contributed by atoms with Gasteiger partial charge in [-0.15, -0.1) is 0 Å². The SMILES string of the molecule is Cc1ccccc1C1(C(=O)NCC2CCN(C(N)=O)C2)CC1. The minimum atomic E-state index is -0.368. The van der Waals surface area contributed by atoms with E-state index in [-0.39, 0.29) is 17.4 Å². The second kappa shape index (κ2) is 5.63. The average Bonchev–Trinajstić information content (AvgIpc) is 3.16. The first-order valence-corrected chi connectivity index (χ1v) is 7.92. The van der Waals surface area contributed by atoms with Crippen LogP contribution in [0.2, 0.25) is 0 Å². The van der Waals surface area contributed by atoms with Gasteiger partial charge in [0.2, 0.25) is 5.91 Å². The maximum Gasteiger partial charge on any atom is 0.314 e. The molecule has 5 nitrogen and oxygen atoms in total. The van der Waals surface area contributed by atoms with Crippen LogP contribution in [0.3, 0.4) is 0 Å². The number of benzene rings is 1. The summed E-state index contributed by atoms with van der Waals surface area (Å²) >= 11 is 0. The maximum absolute atomic E-state index is 12.6. The summed E-state index contributed by atoms with van der Waals surface area (Å²) in [5.41, 5.74) is 7.29. The molecule has 2 fully saturated rings. The minimum absolute atomic E-state index is 0.124. The number of primary amides is 1. The Morgan fingerprint density at radius 1 is 1.36 bits per heavy atom. The summed E-state index contributed by atoms with van der Waals surface area (Å²) in [4.78, 5) is 25.4. The molecule has 0 bridgehead atoms. The molecule has 3 rings (SSSR count). The molecule has 3 amide bonds. The molecule has 1 aromatic rings. The van der Waals surface area contributed by atoms with Crippen molar-refractivity contribution in [3.8, 4) is 0 Å². The van der Waals surface area contributed by atoms with E-state index in [0.29, 0.717) is 25.6 Å². The van der Waals surface area contributed by atoms with Gasteiger partial charge in [-0.3, -0.25) is 4.79 Å². The molecular weight excluding hydrogens is 278 g/mol. The lowest BCUT2D eigenvalue weighted by atomic mass is 9.91. The fraction of sp³-hybridized carbons (Fsp3) is 0.529. The monoisotopic (exact) mass is 301 g/mol. The first-order chi connectivity index (χ1) is 10.5. The van der Waals surface area contributed by atoms with E-state index in [9.17, 15) is 9.59 Å². The highest BCUT2D eigenvalue weighted by Crippen LogP contribution is 2.49. The lowest BCUT2D eigenvalue weighted by molar-refractivity contribution is -0.123. The van der Waals surface area contributed by atoms with Gasteiger partial charge in [0.05, 0.1) is 5.41 Å². The molecule has 1 saturated carbocycles. The molecule has 2 aliphatic rings. The predicted molar refractivity (Wildman–Crippen MR) is 84.4 cm³/mol. The Kier molecular flexibility index (Phi) is 3.81. The van der Waals surface area contributed by atoms with Crippen LogP contribution >= 0.6 is 0 Å². The van der Waals surface area contributed by atoms with Crippen LogP contribution in [0.1, 0.15) is 30.4 Å². The molecule has 0 spiro atoms. The minimum Gasteiger partial charge on any atom is -0.355 e. The van der Waals surface area contributed by atoms with Gasteiger partial charge < -0.3 is 16.0 Å². The van der Waals surface area contributed by atoms with Crippen LogP contribution in [0.5, 0.6) is 0 Å². The van der Waals surface area contributed by atoms with Crippen molar-refractivity contribution in [2.75, 3.05) is 19.6 Å². The number of rotatable bonds is 4. The zero-order valence-corrected chi connectivity index (χ0v) is 13.0. The van der Waals surface area contributed by atoms with Crippen molar-refractivity contribution in [2.45, 2.75) is 31.6 Å². The van der Waals surface area contributed by atoms with Crippen LogP contribution in [-0.4, -0.2) is 36.5 Å². The molecule has 1 heterocycles. The van der Waals surface area contributed by atoms with Crippen molar-refractivity contribution in [1.82, 2.24) is 10.2 Å². The van der Waals surface area contributed by atoms with E-state index in [4.69, 9.17) is 5.73 Å². The number of likely N-dealkylation sites (tertiary alicyclic amines) is 1. The molecule has 22 heavy (non-hydrogen) atoms. The quantitative estimate of drug-likeness (QED) is 0.885. The first kappa shape index (κ1) is 14.9. The van der Waals surface area contributed by atoms with Crippen LogP contribution in [0.4, 0.5) is 4.79 Å². The van der Waals surface area contributed by atoms with Crippen LogP contribution in [0.15, 0.2) is 24.3 Å². The molecule has 1 aromatic carbocycles. The van der Waals surface area contributed by atoms with Crippen molar-refractivity contribution < 1.29 is 9.59 Å². The van der Waals surface area contributed by atoms with Crippen molar-refractivity contribution in [3.05, 3.63) is 35.4 Å². The molecule has 3 N–H and O–H groups in total. The first-order valence-electron chi connectivity index (χ1n) is 7.92. The van der Waals surface area contributed by atoms with Gasteiger partial charge in [0.25, 0.3) is 0 Å². The third-order valence-electron chi connectivity index (χ3n) is 4.99. The molecule has 5 heteroatoms. The molecule has 0 aromatic heterocycles. The third-order valence-corrected chi connectivity index (χ3v) is 4.99. The van der Waals surface area contributed by atoms with Crippen LogP contribution in [-0.2, 0) is 10.2 Å². The van der Waals surface area contributed by atoms with E-state index in [2.05, 4.69) is 24.4 Å². The Morgan fingerprint density at radius 3 is 2.68 bits per heavy atom. The Morgan fingerprint density at radius 2 is 2.09 bits per heavy atom. The predicted octanol–water partition coefficient (Wildman–Crippen LogP) is 1.54. The number of nitrogens with zero attached hydrogens (tertiary/aromatic N) is 1. The van der Waals surface area contributed by atoms with E-state index in [1.807, 2.05) is 12.1 Å². The summed E-state index contributed by atoms with van der Waals surface area (Å²) < 4.78 is 0. The van der Waals surface area contributed by atoms with Crippen molar-refractivity contribution >= 4 is 11.9 Å². The van der Waals surface area contributed by atoms with E-state index in [0.717, 1.165) is 24.8 Å². The second-order valence-electron chi connectivity index (χ2n) is 6.55. The number of nitrogens with one attached hydrogen (secondary N) is 1. The van der Waals surface area contributed by atoms with Gasteiger partial charge in [-0.1, -0.05) is 24.3 Å². The Hall–Kier alpha value is -2.04. The van der Waals surface area contributed by atoms with Gasteiger partial charge in [0.15, 0.2) is 0 Å². The van der Waals surface area contributed by atoms with E-state index in [1.54, 1.807) is 4.90 Å².